The number of carbonyl (C=O) groups is 2. The first kappa shape index (κ1) is 21.7. The summed E-state index contributed by atoms with van der Waals surface area (Å²) in [6.45, 7) is 2.69. The molecule has 1 saturated heterocycles. The zero-order valence-corrected chi connectivity index (χ0v) is 16.5. The van der Waals surface area contributed by atoms with Crippen LogP contribution in [0.25, 0.3) is 0 Å². The van der Waals surface area contributed by atoms with Gasteiger partial charge in [-0.25, -0.2) is 0 Å². The fourth-order valence-corrected chi connectivity index (χ4v) is 3.30. The summed E-state index contributed by atoms with van der Waals surface area (Å²) in [4.78, 5) is 24.7. The predicted molar refractivity (Wildman–Crippen MR) is 102 cm³/mol. The first-order valence-corrected chi connectivity index (χ1v) is 9.59. The highest BCUT2D eigenvalue weighted by molar-refractivity contribution is 5.83. The molecule has 1 aromatic carbocycles. The van der Waals surface area contributed by atoms with E-state index in [1.807, 2.05) is 6.07 Å². The molecule has 7 nitrogen and oxygen atoms in total. The average molecular weight is 424 g/mol. The molecular formula is C20H23F3N4O3. The Hall–Kier alpha value is -3.04. The minimum absolute atomic E-state index is 0.0131. The number of benzene rings is 1. The molecule has 0 aliphatic carbocycles. The number of rotatable bonds is 7. The van der Waals surface area contributed by atoms with Crippen LogP contribution in [-0.4, -0.2) is 53.2 Å². The lowest BCUT2D eigenvalue weighted by atomic mass is 10.0. The van der Waals surface area contributed by atoms with E-state index in [9.17, 15) is 22.8 Å². The van der Waals surface area contributed by atoms with E-state index in [1.54, 1.807) is 4.90 Å². The molecule has 1 aliphatic heterocycles. The first-order valence-electron chi connectivity index (χ1n) is 9.59. The van der Waals surface area contributed by atoms with Crippen LogP contribution in [0.5, 0.6) is 5.75 Å². The molecule has 2 aromatic rings. The number of hydrogen-bond donors (Lipinski definition) is 2. The van der Waals surface area contributed by atoms with Crippen molar-refractivity contribution in [2.75, 3.05) is 26.2 Å². The monoisotopic (exact) mass is 424 g/mol. The van der Waals surface area contributed by atoms with Crippen LogP contribution in [0.3, 0.4) is 0 Å². The second-order valence-corrected chi connectivity index (χ2v) is 7.18. The summed E-state index contributed by atoms with van der Waals surface area (Å²) in [6, 6.07) is 6.66. The van der Waals surface area contributed by atoms with Gasteiger partial charge in [0.2, 0.25) is 11.8 Å². The van der Waals surface area contributed by atoms with Gasteiger partial charge < -0.3 is 15.0 Å². The molecule has 1 fully saturated rings. The number of hydrogen-bond acceptors (Lipinski definition) is 4. The van der Waals surface area contributed by atoms with E-state index in [2.05, 4.69) is 15.5 Å². The van der Waals surface area contributed by atoms with Gasteiger partial charge in [0.15, 0.2) is 0 Å². The molecule has 10 heteroatoms. The number of aromatic nitrogens is 2. The lowest BCUT2D eigenvalue weighted by molar-refractivity contribution is -0.137. The van der Waals surface area contributed by atoms with Crippen molar-refractivity contribution in [1.29, 1.82) is 0 Å². The quantitative estimate of drug-likeness (QED) is 0.715. The average Bonchev–Trinajstić information content (AvgIpc) is 3.35. The van der Waals surface area contributed by atoms with Crippen molar-refractivity contribution >= 4 is 11.8 Å². The molecule has 0 radical (unpaired) electrons. The maximum Gasteiger partial charge on any atom is 0.416 e. The molecule has 162 valence electrons. The van der Waals surface area contributed by atoms with Crippen LogP contribution in [0.4, 0.5) is 13.2 Å². The number of amides is 2. The fraction of sp³-hybridized carbons (Fsp3) is 0.450. The van der Waals surface area contributed by atoms with E-state index in [4.69, 9.17) is 4.74 Å². The Labute approximate surface area is 171 Å². The summed E-state index contributed by atoms with van der Waals surface area (Å²) in [5.41, 5.74) is 0.890. The Morgan fingerprint density at radius 3 is 2.87 bits per heavy atom. The molecule has 1 aromatic heterocycles. The van der Waals surface area contributed by atoms with Crippen molar-refractivity contribution in [3.05, 3.63) is 47.3 Å². The fourth-order valence-electron chi connectivity index (χ4n) is 3.30. The summed E-state index contributed by atoms with van der Waals surface area (Å²) in [5, 5.41) is 9.72. The largest absolute Gasteiger partial charge is 0.493 e. The van der Waals surface area contributed by atoms with Crippen LogP contribution >= 0.6 is 0 Å². The highest BCUT2D eigenvalue weighted by atomic mass is 19.4. The lowest BCUT2D eigenvalue weighted by Gasteiger charge is -2.16. The van der Waals surface area contributed by atoms with Crippen LogP contribution in [-0.2, 0) is 22.2 Å². The lowest BCUT2D eigenvalue weighted by Crippen LogP contribution is -2.38. The standard InChI is InChI=1S/C20H23F3N4O3/c1-13(28)24-11-19(29)27-7-5-14(12-27)18-10-16(25-26-18)6-8-30-17-4-2-3-15(9-17)20(21,22)23/h2-4,9-10,14H,5-8,11-12H2,1H3,(H,24,28)(H,25,26). The molecular weight excluding hydrogens is 401 g/mol. The Morgan fingerprint density at radius 1 is 1.33 bits per heavy atom. The number of alkyl halides is 3. The zero-order chi connectivity index (χ0) is 21.7. The van der Waals surface area contributed by atoms with Gasteiger partial charge in [-0.05, 0) is 30.7 Å². The Morgan fingerprint density at radius 2 is 2.13 bits per heavy atom. The molecule has 1 unspecified atom stereocenters. The summed E-state index contributed by atoms with van der Waals surface area (Å²) in [7, 11) is 0. The zero-order valence-electron chi connectivity index (χ0n) is 16.5. The van der Waals surface area contributed by atoms with Crippen molar-refractivity contribution in [3.8, 4) is 5.75 Å². The number of ether oxygens (including phenoxy) is 1. The molecule has 0 bridgehead atoms. The van der Waals surface area contributed by atoms with Crippen molar-refractivity contribution in [1.82, 2.24) is 20.4 Å². The normalized spacial score (nSPS) is 16.5. The first-order chi connectivity index (χ1) is 14.2. The molecule has 0 saturated carbocycles. The maximum absolute atomic E-state index is 12.7. The number of carbonyl (C=O) groups excluding carboxylic acids is 2. The number of nitrogens with one attached hydrogen (secondary N) is 2. The molecule has 2 amide bonds. The minimum Gasteiger partial charge on any atom is -0.493 e. The third-order valence-electron chi connectivity index (χ3n) is 4.90. The van der Waals surface area contributed by atoms with Crippen LogP contribution in [0.2, 0.25) is 0 Å². The van der Waals surface area contributed by atoms with Crippen molar-refractivity contribution in [2.24, 2.45) is 0 Å². The van der Waals surface area contributed by atoms with Crippen molar-refractivity contribution in [2.45, 2.75) is 31.9 Å². The molecule has 1 atom stereocenters. The van der Waals surface area contributed by atoms with Gasteiger partial charge in [0.1, 0.15) is 5.75 Å². The summed E-state index contributed by atoms with van der Waals surface area (Å²) < 4.78 is 43.7. The number of likely N-dealkylation sites (tertiary alicyclic amines) is 1. The Kier molecular flexibility index (Phi) is 6.63. The maximum atomic E-state index is 12.7. The van der Waals surface area contributed by atoms with Gasteiger partial charge in [0, 0.05) is 38.0 Å². The number of aromatic amines is 1. The van der Waals surface area contributed by atoms with Gasteiger partial charge >= 0.3 is 6.18 Å². The van der Waals surface area contributed by atoms with E-state index in [1.165, 1.54) is 19.1 Å². The molecule has 3 rings (SSSR count). The van der Waals surface area contributed by atoms with E-state index >= 15 is 0 Å². The third-order valence-corrected chi connectivity index (χ3v) is 4.90. The summed E-state index contributed by atoms with van der Waals surface area (Å²) in [5.74, 6) is -0.115. The van der Waals surface area contributed by atoms with Crippen LogP contribution in [0.1, 0.15) is 36.2 Å². The predicted octanol–water partition coefficient (Wildman–Crippen LogP) is 2.50. The van der Waals surface area contributed by atoms with Gasteiger partial charge in [-0.1, -0.05) is 6.07 Å². The molecule has 2 N–H and O–H groups in total. The Balaban J connectivity index is 1.48. The van der Waals surface area contributed by atoms with E-state index in [-0.39, 0.29) is 36.6 Å². The summed E-state index contributed by atoms with van der Waals surface area (Å²) >= 11 is 0. The van der Waals surface area contributed by atoms with E-state index < -0.39 is 11.7 Å². The highest BCUT2D eigenvalue weighted by Crippen LogP contribution is 2.31. The topological polar surface area (TPSA) is 87.3 Å². The summed E-state index contributed by atoms with van der Waals surface area (Å²) in [6.07, 6.45) is -3.17. The molecule has 0 spiro atoms. The van der Waals surface area contributed by atoms with Crippen LogP contribution < -0.4 is 10.1 Å². The molecule has 2 heterocycles. The number of halogens is 3. The second kappa shape index (κ2) is 9.19. The van der Waals surface area contributed by atoms with E-state index in [0.29, 0.717) is 19.5 Å². The minimum atomic E-state index is -4.41. The van der Waals surface area contributed by atoms with Gasteiger partial charge in [0.25, 0.3) is 0 Å². The SMILES string of the molecule is CC(=O)NCC(=O)N1CCC(c2cc(CCOc3cccc(C(F)(F)F)c3)[nH]n2)C1. The van der Waals surface area contributed by atoms with Gasteiger partial charge in [-0.15, -0.1) is 0 Å². The second-order valence-electron chi connectivity index (χ2n) is 7.18. The van der Waals surface area contributed by atoms with Crippen molar-refractivity contribution < 1.29 is 27.5 Å². The van der Waals surface area contributed by atoms with Gasteiger partial charge in [-0.2, -0.15) is 18.3 Å². The third kappa shape index (κ3) is 5.74. The molecule has 30 heavy (non-hydrogen) atoms. The Bertz CT molecular complexity index is 897. The smallest absolute Gasteiger partial charge is 0.416 e. The van der Waals surface area contributed by atoms with Crippen molar-refractivity contribution in [3.63, 3.8) is 0 Å². The van der Waals surface area contributed by atoms with E-state index in [0.717, 1.165) is 29.9 Å². The van der Waals surface area contributed by atoms with Crippen LogP contribution in [0.15, 0.2) is 30.3 Å². The highest BCUT2D eigenvalue weighted by Gasteiger charge is 2.31. The molecule has 1 aliphatic rings. The number of nitrogens with zero attached hydrogens (tertiary/aromatic N) is 2. The van der Waals surface area contributed by atoms with Crippen LogP contribution in [0, 0.1) is 0 Å². The number of H-pyrrole nitrogens is 1. The van der Waals surface area contributed by atoms with Gasteiger partial charge in [-0.3, -0.25) is 14.7 Å². The van der Waals surface area contributed by atoms with Gasteiger partial charge in [0.05, 0.1) is 24.4 Å².